The molecule has 3 rings (SSSR count). The molecule has 1 heterocycles. The smallest absolute Gasteiger partial charge is 0.223 e. The van der Waals surface area contributed by atoms with Gasteiger partial charge in [-0.2, -0.15) is 0 Å². The third-order valence-electron chi connectivity index (χ3n) is 5.93. The summed E-state index contributed by atoms with van der Waals surface area (Å²) in [4.78, 5) is 12.7. The summed E-state index contributed by atoms with van der Waals surface area (Å²) in [5, 5.41) is 3.10. The number of nitrogens with zero attached hydrogens (tertiary/aromatic N) is 1. The van der Waals surface area contributed by atoms with Crippen LogP contribution in [0.25, 0.3) is 0 Å². The van der Waals surface area contributed by atoms with E-state index in [0.717, 1.165) is 23.1 Å². The largest absolute Gasteiger partial charge is 0.349 e. The fourth-order valence-electron chi connectivity index (χ4n) is 3.84. The molecule has 2 aromatic rings. The van der Waals surface area contributed by atoms with E-state index in [0.29, 0.717) is 25.9 Å². The number of nitrogens with one attached hydrogen (secondary N) is 1. The molecular formula is C24H32N2O3S. The average Bonchev–Trinajstić information content (AvgIpc) is 2.75. The van der Waals surface area contributed by atoms with Crippen molar-refractivity contribution in [2.75, 3.05) is 13.1 Å². The Morgan fingerprint density at radius 1 is 1.03 bits per heavy atom. The van der Waals surface area contributed by atoms with Gasteiger partial charge in [0.1, 0.15) is 0 Å². The molecule has 162 valence electrons. The van der Waals surface area contributed by atoms with Gasteiger partial charge >= 0.3 is 0 Å². The molecule has 1 fully saturated rings. The van der Waals surface area contributed by atoms with E-state index < -0.39 is 10.0 Å². The zero-order valence-corrected chi connectivity index (χ0v) is 18.9. The van der Waals surface area contributed by atoms with Crippen LogP contribution in [0.1, 0.15) is 55.0 Å². The van der Waals surface area contributed by atoms with Crippen LogP contribution in [0.3, 0.4) is 0 Å². The van der Waals surface area contributed by atoms with Crippen molar-refractivity contribution >= 4 is 15.9 Å². The molecule has 0 aliphatic carbocycles. The van der Waals surface area contributed by atoms with Crippen molar-refractivity contribution in [1.82, 2.24) is 9.62 Å². The highest BCUT2D eigenvalue weighted by molar-refractivity contribution is 7.88. The monoisotopic (exact) mass is 428 g/mol. The number of piperidine rings is 1. The van der Waals surface area contributed by atoms with Crippen LogP contribution in [0.5, 0.6) is 0 Å². The van der Waals surface area contributed by atoms with Crippen LogP contribution in [0.15, 0.2) is 48.5 Å². The second-order valence-electron chi connectivity index (χ2n) is 8.24. The number of benzene rings is 2. The van der Waals surface area contributed by atoms with E-state index in [4.69, 9.17) is 0 Å². The molecule has 0 spiro atoms. The van der Waals surface area contributed by atoms with Gasteiger partial charge in [0.05, 0.1) is 11.8 Å². The van der Waals surface area contributed by atoms with Crippen LogP contribution < -0.4 is 5.32 Å². The van der Waals surface area contributed by atoms with Crippen molar-refractivity contribution in [3.05, 3.63) is 70.8 Å². The summed E-state index contributed by atoms with van der Waals surface area (Å²) in [6.07, 6.45) is 2.10. The fourth-order valence-corrected chi connectivity index (χ4v) is 5.40. The van der Waals surface area contributed by atoms with Crippen molar-refractivity contribution in [1.29, 1.82) is 0 Å². The van der Waals surface area contributed by atoms with E-state index in [2.05, 4.69) is 36.5 Å². The lowest BCUT2D eigenvalue weighted by Gasteiger charge is -2.31. The maximum Gasteiger partial charge on any atom is 0.223 e. The van der Waals surface area contributed by atoms with Crippen LogP contribution in [-0.4, -0.2) is 31.7 Å². The summed E-state index contributed by atoms with van der Waals surface area (Å²) < 4.78 is 27.0. The molecular weight excluding hydrogens is 396 g/mol. The number of hydrogen-bond donors (Lipinski definition) is 1. The predicted molar refractivity (Wildman–Crippen MR) is 120 cm³/mol. The van der Waals surface area contributed by atoms with Gasteiger partial charge in [0, 0.05) is 19.0 Å². The van der Waals surface area contributed by atoms with Gasteiger partial charge < -0.3 is 5.32 Å². The van der Waals surface area contributed by atoms with Gasteiger partial charge in [-0.05, 0) is 49.8 Å². The number of hydrogen-bond acceptors (Lipinski definition) is 3. The summed E-state index contributed by atoms with van der Waals surface area (Å²) >= 11 is 0. The first kappa shape index (κ1) is 22.5. The van der Waals surface area contributed by atoms with Crippen LogP contribution >= 0.6 is 0 Å². The van der Waals surface area contributed by atoms with E-state index in [1.807, 2.05) is 38.1 Å². The summed E-state index contributed by atoms with van der Waals surface area (Å²) in [6.45, 7) is 6.88. The molecule has 30 heavy (non-hydrogen) atoms. The second-order valence-corrected chi connectivity index (χ2v) is 10.2. The normalized spacial score (nSPS) is 16.9. The first-order valence-electron chi connectivity index (χ1n) is 10.7. The average molecular weight is 429 g/mol. The molecule has 1 saturated heterocycles. The maximum absolute atomic E-state index is 12.8. The Hall–Kier alpha value is -2.18. The summed E-state index contributed by atoms with van der Waals surface area (Å²) in [5.41, 5.74) is 4.26. The minimum atomic E-state index is -3.37. The molecule has 1 N–H and O–H groups in total. The van der Waals surface area contributed by atoms with Crippen molar-refractivity contribution < 1.29 is 13.2 Å². The standard InChI is InChI=1S/C24H32N2O3S/c1-4-20-9-11-22(12-10-20)19(3)25-24(27)23-13-15-26(16-14-23)30(28,29)17-21-7-5-18(2)6-8-21/h5-12,19,23H,4,13-17H2,1-3H3,(H,25,27)/t19-/m0/s1. The van der Waals surface area contributed by atoms with Crippen LogP contribution in [0, 0.1) is 12.8 Å². The molecule has 1 aliphatic rings. The van der Waals surface area contributed by atoms with E-state index in [-0.39, 0.29) is 23.6 Å². The molecule has 1 atom stereocenters. The number of rotatable bonds is 7. The third-order valence-corrected chi connectivity index (χ3v) is 7.78. The lowest BCUT2D eigenvalue weighted by Crippen LogP contribution is -2.43. The van der Waals surface area contributed by atoms with Gasteiger partial charge in [0.2, 0.25) is 15.9 Å². The lowest BCUT2D eigenvalue weighted by molar-refractivity contribution is -0.126. The topological polar surface area (TPSA) is 66.5 Å². The molecule has 6 heteroatoms. The number of carbonyl (C=O) groups excluding carboxylic acids is 1. The van der Waals surface area contributed by atoms with Crippen molar-refractivity contribution in [3.63, 3.8) is 0 Å². The molecule has 0 unspecified atom stereocenters. The van der Waals surface area contributed by atoms with Gasteiger partial charge in [-0.15, -0.1) is 0 Å². The van der Waals surface area contributed by atoms with Gasteiger partial charge in [0.25, 0.3) is 0 Å². The third kappa shape index (κ3) is 5.70. The molecule has 0 aromatic heterocycles. The molecule has 1 aliphatic heterocycles. The number of carbonyl (C=O) groups is 1. The molecule has 0 saturated carbocycles. The zero-order chi connectivity index (χ0) is 21.7. The SMILES string of the molecule is CCc1ccc([C@H](C)NC(=O)C2CCN(S(=O)(=O)Cc3ccc(C)cc3)CC2)cc1. The summed E-state index contributed by atoms with van der Waals surface area (Å²) in [5.74, 6) is -0.125. The fraction of sp³-hybridized carbons (Fsp3) is 0.458. The Morgan fingerprint density at radius 3 is 2.17 bits per heavy atom. The predicted octanol–water partition coefficient (Wildman–Crippen LogP) is 3.98. The quantitative estimate of drug-likeness (QED) is 0.725. The molecule has 5 nitrogen and oxygen atoms in total. The Bertz CT molecular complexity index is 945. The van der Waals surface area contributed by atoms with Gasteiger partial charge in [-0.25, -0.2) is 12.7 Å². The van der Waals surface area contributed by atoms with E-state index in [1.165, 1.54) is 9.87 Å². The highest BCUT2D eigenvalue weighted by atomic mass is 32.2. The Morgan fingerprint density at radius 2 is 1.60 bits per heavy atom. The highest BCUT2D eigenvalue weighted by Crippen LogP contribution is 2.23. The van der Waals surface area contributed by atoms with E-state index >= 15 is 0 Å². The Labute approximate surface area is 180 Å². The van der Waals surface area contributed by atoms with Crippen molar-refractivity contribution in [3.8, 4) is 0 Å². The summed E-state index contributed by atoms with van der Waals surface area (Å²) in [6, 6.07) is 15.8. The molecule has 0 radical (unpaired) electrons. The Kier molecular flexibility index (Phi) is 7.32. The van der Waals surface area contributed by atoms with Crippen molar-refractivity contribution in [2.45, 2.75) is 51.8 Å². The second kappa shape index (κ2) is 9.75. The lowest BCUT2D eigenvalue weighted by atomic mass is 9.96. The van der Waals surface area contributed by atoms with Gasteiger partial charge in [0.15, 0.2) is 0 Å². The van der Waals surface area contributed by atoms with Gasteiger partial charge in [-0.1, -0.05) is 61.0 Å². The highest BCUT2D eigenvalue weighted by Gasteiger charge is 2.31. The number of aryl methyl sites for hydroxylation is 2. The first-order chi connectivity index (χ1) is 14.3. The zero-order valence-electron chi connectivity index (χ0n) is 18.1. The summed E-state index contributed by atoms with van der Waals surface area (Å²) in [7, 11) is -3.37. The Balaban J connectivity index is 1.52. The minimum Gasteiger partial charge on any atom is -0.349 e. The van der Waals surface area contributed by atoms with E-state index in [9.17, 15) is 13.2 Å². The van der Waals surface area contributed by atoms with Gasteiger partial charge in [-0.3, -0.25) is 4.79 Å². The molecule has 1 amide bonds. The minimum absolute atomic E-state index is 0.00886. The molecule has 2 aromatic carbocycles. The maximum atomic E-state index is 12.8. The van der Waals surface area contributed by atoms with E-state index in [1.54, 1.807) is 0 Å². The number of sulfonamides is 1. The van der Waals surface area contributed by atoms with Crippen LogP contribution in [-0.2, 0) is 27.0 Å². The molecule has 0 bridgehead atoms. The number of amides is 1. The first-order valence-corrected chi connectivity index (χ1v) is 12.3. The van der Waals surface area contributed by atoms with Crippen molar-refractivity contribution in [2.24, 2.45) is 5.92 Å². The van der Waals surface area contributed by atoms with Crippen LogP contribution in [0.4, 0.5) is 0 Å². The van der Waals surface area contributed by atoms with Crippen LogP contribution in [0.2, 0.25) is 0 Å².